The molecule has 2 rings (SSSR count). The molecule has 0 spiro atoms. The minimum absolute atomic E-state index is 1.22. The molecule has 0 aromatic heterocycles. The highest BCUT2D eigenvalue weighted by molar-refractivity contribution is 7.27. The summed E-state index contributed by atoms with van der Waals surface area (Å²) in [5.74, 6) is 0. The molecule has 0 aliphatic rings. The van der Waals surface area contributed by atoms with Crippen LogP contribution in [0.1, 0.15) is 5.56 Å². The summed E-state index contributed by atoms with van der Waals surface area (Å²) in [4.78, 5) is 0. The molecule has 0 heterocycles. The number of benzene rings is 2. The molecule has 0 aliphatic heterocycles. The lowest BCUT2D eigenvalue weighted by Gasteiger charge is -2.02. The van der Waals surface area contributed by atoms with Crippen LogP contribution in [0.4, 0.5) is 0 Å². The summed E-state index contributed by atoms with van der Waals surface area (Å²) in [5, 5.41) is 1.22. The topological polar surface area (TPSA) is 0 Å². The van der Waals surface area contributed by atoms with Gasteiger partial charge in [0, 0.05) is 0 Å². The van der Waals surface area contributed by atoms with Gasteiger partial charge in [-0.05, 0) is 23.4 Å². The van der Waals surface area contributed by atoms with E-state index < -0.39 is 0 Å². The maximum absolute atomic E-state index is 2.70. The van der Waals surface area contributed by atoms with Crippen molar-refractivity contribution in [1.29, 1.82) is 0 Å². The molecular weight excluding hydrogens is 187 g/mol. The Morgan fingerprint density at radius 1 is 0.857 bits per heavy atom. The number of aryl methyl sites for hydroxylation is 1. The Hall–Kier alpha value is -1.13. The molecule has 0 radical (unpaired) electrons. The van der Waals surface area contributed by atoms with Gasteiger partial charge in [0.15, 0.2) is 0 Å². The summed E-state index contributed by atoms with van der Waals surface area (Å²) in [5.41, 5.74) is 3.87. The lowest BCUT2D eigenvalue weighted by Crippen LogP contribution is -1.87. The van der Waals surface area contributed by atoms with Crippen LogP contribution in [-0.2, 0) is 0 Å². The van der Waals surface area contributed by atoms with Gasteiger partial charge >= 0.3 is 0 Å². The summed E-state index contributed by atoms with van der Waals surface area (Å²) < 4.78 is 0. The first-order valence-electron chi connectivity index (χ1n) is 4.68. The van der Waals surface area contributed by atoms with Crippen LogP contribution in [-0.4, -0.2) is 0 Å². The quantitative estimate of drug-likeness (QED) is 0.620. The SMILES string of the molecule is Cc1cccc(-c2ccc(P)cc2)c1. The van der Waals surface area contributed by atoms with Crippen LogP contribution >= 0.6 is 9.24 Å². The summed E-state index contributed by atoms with van der Waals surface area (Å²) >= 11 is 0. The van der Waals surface area contributed by atoms with Gasteiger partial charge in [-0.25, -0.2) is 0 Å². The van der Waals surface area contributed by atoms with Crippen LogP contribution in [0.3, 0.4) is 0 Å². The van der Waals surface area contributed by atoms with Gasteiger partial charge in [-0.2, -0.15) is 0 Å². The number of rotatable bonds is 1. The van der Waals surface area contributed by atoms with E-state index in [0.717, 1.165) is 0 Å². The van der Waals surface area contributed by atoms with Gasteiger partial charge in [0.2, 0.25) is 0 Å². The van der Waals surface area contributed by atoms with E-state index in [1.165, 1.54) is 22.0 Å². The molecule has 0 saturated heterocycles. The average Bonchev–Trinajstić information content (AvgIpc) is 2.19. The molecule has 0 bridgehead atoms. The molecule has 14 heavy (non-hydrogen) atoms. The fourth-order valence-electron chi connectivity index (χ4n) is 1.50. The molecule has 2 aromatic rings. The van der Waals surface area contributed by atoms with Crippen molar-refractivity contribution in [3.63, 3.8) is 0 Å². The Balaban J connectivity index is 2.44. The normalized spacial score (nSPS) is 10.1. The molecule has 0 saturated carbocycles. The Kier molecular flexibility index (Phi) is 2.65. The Morgan fingerprint density at radius 3 is 2.21 bits per heavy atom. The van der Waals surface area contributed by atoms with Crippen molar-refractivity contribution in [2.75, 3.05) is 0 Å². The van der Waals surface area contributed by atoms with Crippen molar-refractivity contribution in [2.24, 2.45) is 0 Å². The fraction of sp³-hybridized carbons (Fsp3) is 0.0769. The maximum atomic E-state index is 2.70. The van der Waals surface area contributed by atoms with Crippen LogP contribution in [0.15, 0.2) is 48.5 Å². The first-order valence-corrected chi connectivity index (χ1v) is 5.26. The summed E-state index contributed by atoms with van der Waals surface area (Å²) in [6.07, 6.45) is 0. The van der Waals surface area contributed by atoms with E-state index in [1.54, 1.807) is 0 Å². The van der Waals surface area contributed by atoms with E-state index in [2.05, 4.69) is 64.7 Å². The second kappa shape index (κ2) is 3.94. The predicted molar refractivity (Wildman–Crippen MR) is 66.0 cm³/mol. The van der Waals surface area contributed by atoms with Crippen LogP contribution in [0.2, 0.25) is 0 Å². The summed E-state index contributed by atoms with van der Waals surface area (Å²) in [7, 11) is 2.70. The summed E-state index contributed by atoms with van der Waals surface area (Å²) in [6.45, 7) is 2.12. The van der Waals surface area contributed by atoms with Crippen molar-refractivity contribution in [2.45, 2.75) is 6.92 Å². The Morgan fingerprint density at radius 2 is 1.57 bits per heavy atom. The number of hydrogen-bond acceptors (Lipinski definition) is 0. The minimum Gasteiger partial charge on any atom is -0.106 e. The Bertz CT molecular complexity index is 429. The average molecular weight is 200 g/mol. The monoisotopic (exact) mass is 200 g/mol. The highest BCUT2D eigenvalue weighted by Gasteiger charge is 1.96. The molecule has 1 unspecified atom stereocenters. The minimum atomic E-state index is 1.22. The lowest BCUT2D eigenvalue weighted by atomic mass is 10.0. The van der Waals surface area contributed by atoms with Crippen molar-refractivity contribution in [3.05, 3.63) is 54.1 Å². The van der Waals surface area contributed by atoms with Crippen LogP contribution in [0, 0.1) is 6.92 Å². The van der Waals surface area contributed by atoms with Gasteiger partial charge in [0.05, 0.1) is 0 Å². The highest BCUT2D eigenvalue weighted by Crippen LogP contribution is 2.19. The summed E-state index contributed by atoms with van der Waals surface area (Å²) in [6, 6.07) is 17.1. The lowest BCUT2D eigenvalue weighted by molar-refractivity contribution is 1.47. The first kappa shape index (κ1) is 9.43. The third-order valence-electron chi connectivity index (χ3n) is 2.26. The van der Waals surface area contributed by atoms with Gasteiger partial charge in [0.1, 0.15) is 0 Å². The third-order valence-corrected chi connectivity index (χ3v) is 2.65. The van der Waals surface area contributed by atoms with Gasteiger partial charge in [-0.1, -0.05) is 54.1 Å². The van der Waals surface area contributed by atoms with E-state index in [0.29, 0.717) is 0 Å². The standard InChI is InChI=1S/C13H13P/c1-10-3-2-4-12(9-10)11-5-7-13(14)8-6-11/h2-9H,14H2,1H3. The molecule has 0 nitrogen and oxygen atoms in total. The maximum Gasteiger partial charge on any atom is -0.0181 e. The largest absolute Gasteiger partial charge is 0.106 e. The van der Waals surface area contributed by atoms with Crippen LogP contribution in [0.25, 0.3) is 11.1 Å². The van der Waals surface area contributed by atoms with Crippen molar-refractivity contribution < 1.29 is 0 Å². The van der Waals surface area contributed by atoms with Gasteiger partial charge in [-0.15, -0.1) is 9.24 Å². The highest BCUT2D eigenvalue weighted by atomic mass is 31.0. The van der Waals surface area contributed by atoms with Crippen molar-refractivity contribution in [3.8, 4) is 11.1 Å². The van der Waals surface area contributed by atoms with E-state index in [4.69, 9.17) is 0 Å². The van der Waals surface area contributed by atoms with Crippen molar-refractivity contribution >= 4 is 14.5 Å². The van der Waals surface area contributed by atoms with E-state index in [-0.39, 0.29) is 0 Å². The molecule has 2 aromatic carbocycles. The first-order chi connectivity index (χ1) is 6.75. The van der Waals surface area contributed by atoms with Gasteiger partial charge in [-0.3, -0.25) is 0 Å². The van der Waals surface area contributed by atoms with E-state index >= 15 is 0 Å². The Labute approximate surface area is 87.2 Å². The number of hydrogen-bond donors (Lipinski definition) is 0. The molecule has 1 atom stereocenters. The second-order valence-electron chi connectivity index (χ2n) is 3.49. The van der Waals surface area contributed by atoms with Gasteiger partial charge < -0.3 is 0 Å². The molecule has 1 heteroatoms. The van der Waals surface area contributed by atoms with E-state index in [1.807, 2.05) is 0 Å². The molecule has 0 fully saturated rings. The zero-order valence-electron chi connectivity index (χ0n) is 8.20. The third kappa shape index (κ3) is 2.02. The molecule has 0 amide bonds. The predicted octanol–water partition coefficient (Wildman–Crippen LogP) is 3.16. The fourth-order valence-corrected chi connectivity index (χ4v) is 1.69. The van der Waals surface area contributed by atoms with Crippen LogP contribution < -0.4 is 5.30 Å². The molecule has 70 valence electrons. The van der Waals surface area contributed by atoms with Crippen LogP contribution in [0.5, 0.6) is 0 Å². The molecular formula is C13H13P. The van der Waals surface area contributed by atoms with Crippen molar-refractivity contribution in [1.82, 2.24) is 0 Å². The molecule has 0 aliphatic carbocycles. The zero-order chi connectivity index (χ0) is 9.97. The molecule has 0 N–H and O–H groups in total. The van der Waals surface area contributed by atoms with E-state index in [9.17, 15) is 0 Å². The second-order valence-corrected chi connectivity index (χ2v) is 4.16. The smallest absolute Gasteiger partial charge is 0.0181 e. The zero-order valence-corrected chi connectivity index (χ0v) is 9.35. The van der Waals surface area contributed by atoms with Gasteiger partial charge in [0.25, 0.3) is 0 Å².